The lowest BCUT2D eigenvalue weighted by atomic mass is 10.6. The van der Waals surface area contributed by atoms with Crippen molar-refractivity contribution in [2.75, 3.05) is 39.5 Å². The number of carbonyl (C=O) groups is 1. The summed E-state index contributed by atoms with van der Waals surface area (Å²) in [5.74, 6) is -0.529. The van der Waals surface area contributed by atoms with Crippen molar-refractivity contribution in [3.63, 3.8) is 0 Å². The molecule has 20 heavy (non-hydrogen) atoms. The third-order valence-corrected chi connectivity index (χ3v) is 2.16. The van der Waals surface area contributed by atoms with E-state index in [4.69, 9.17) is 15.2 Å². The summed E-state index contributed by atoms with van der Waals surface area (Å²) in [7, 11) is 0. The van der Waals surface area contributed by atoms with Crippen molar-refractivity contribution < 1.29 is 19.2 Å². The third-order valence-electron chi connectivity index (χ3n) is 2.16. The highest BCUT2D eigenvalue weighted by Crippen LogP contribution is 2.05. The summed E-state index contributed by atoms with van der Waals surface area (Å²) < 4.78 is 11.1. The van der Waals surface area contributed by atoms with Crippen molar-refractivity contribution in [2.24, 2.45) is 5.73 Å². The van der Waals surface area contributed by atoms with Gasteiger partial charge in [0, 0.05) is 13.1 Å². The number of rotatable bonds is 9. The maximum absolute atomic E-state index is 11.6. The molecule has 0 fully saturated rings. The van der Waals surface area contributed by atoms with Crippen molar-refractivity contribution >= 4 is 12.0 Å². The molecule has 10 heteroatoms. The lowest BCUT2D eigenvalue weighted by molar-refractivity contribution is -0.395. The number of hydrogen-bond acceptors (Lipinski definition) is 7. The summed E-state index contributed by atoms with van der Waals surface area (Å²) in [5, 5.41) is 13.1. The van der Waals surface area contributed by atoms with E-state index < -0.39 is 16.9 Å². The molecule has 1 heterocycles. The van der Waals surface area contributed by atoms with Gasteiger partial charge in [0.05, 0.1) is 26.4 Å². The van der Waals surface area contributed by atoms with Crippen LogP contribution in [0.2, 0.25) is 0 Å². The molecule has 112 valence electrons. The van der Waals surface area contributed by atoms with Crippen LogP contribution in [0, 0.1) is 10.1 Å². The van der Waals surface area contributed by atoms with E-state index >= 15 is 0 Å². The standard InChI is InChI=1S/C10H17N5O5/c11-1-5-19-7-8-20-6-3-13-10(16)14-4-2-12-9(14)15(17)18/h2,4H,1,3,5-8,11H2,(H,13,16). The summed E-state index contributed by atoms with van der Waals surface area (Å²) >= 11 is 0. The Hall–Kier alpha value is -2.04. The lowest BCUT2D eigenvalue weighted by Crippen LogP contribution is -2.31. The number of aromatic nitrogens is 2. The molecule has 0 aliphatic heterocycles. The van der Waals surface area contributed by atoms with E-state index in [0.717, 1.165) is 4.57 Å². The first-order valence-electron chi connectivity index (χ1n) is 5.98. The summed E-state index contributed by atoms with van der Waals surface area (Å²) in [6.45, 7) is 2.26. The number of amides is 1. The molecular weight excluding hydrogens is 270 g/mol. The van der Waals surface area contributed by atoms with E-state index in [2.05, 4.69) is 10.3 Å². The van der Waals surface area contributed by atoms with Crippen LogP contribution in [0.3, 0.4) is 0 Å². The maximum Gasteiger partial charge on any atom is 0.443 e. The smallest absolute Gasteiger partial charge is 0.390 e. The fraction of sp³-hybridized carbons (Fsp3) is 0.600. The largest absolute Gasteiger partial charge is 0.443 e. The molecule has 3 N–H and O–H groups in total. The number of nitrogens with two attached hydrogens (primary N) is 1. The monoisotopic (exact) mass is 287 g/mol. The fourth-order valence-electron chi connectivity index (χ4n) is 1.31. The molecule has 1 rings (SSSR count). The Bertz CT molecular complexity index is 435. The molecule has 0 aromatic carbocycles. The van der Waals surface area contributed by atoms with Crippen LogP contribution in [0.25, 0.3) is 0 Å². The molecule has 0 atom stereocenters. The van der Waals surface area contributed by atoms with Crippen LogP contribution >= 0.6 is 0 Å². The minimum Gasteiger partial charge on any atom is -0.390 e. The van der Waals surface area contributed by atoms with E-state index in [1.807, 2.05) is 0 Å². The van der Waals surface area contributed by atoms with Crippen molar-refractivity contribution in [3.8, 4) is 0 Å². The second-order valence-corrected chi connectivity index (χ2v) is 3.60. The Labute approximate surface area is 115 Å². The lowest BCUT2D eigenvalue weighted by Gasteiger charge is -2.06. The van der Waals surface area contributed by atoms with Gasteiger partial charge in [-0.05, 0) is 4.92 Å². The van der Waals surface area contributed by atoms with E-state index in [-0.39, 0.29) is 13.2 Å². The average molecular weight is 287 g/mol. The highest BCUT2D eigenvalue weighted by molar-refractivity contribution is 5.78. The van der Waals surface area contributed by atoms with Crippen LogP contribution in [0.4, 0.5) is 10.7 Å². The summed E-state index contributed by atoms with van der Waals surface area (Å²) in [6.07, 6.45) is 2.40. The van der Waals surface area contributed by atoms with Gasteiger partial charge in [0.2, 0.25) is 0 Å². The maximum atomic E-state index is 11.6. The van der Waals surface area contributed by atoms with Crippen molar-refractivity contribution in [1.82, 2.24) is 14.9 Å². The second kappa shape index (κ2) is 8.96. The first-order valence-corrected chi connectivity index (χ1v) is 5.98. The summed E-state index contributed by atoms with van der Waals surface area (Å²) in [6, 6.07) is -0.628. The van der Waals surface area contributed by atoms with Gasteiger partial charge in [0.1, 0.15) is 12.4 Å². The summed E-state index contributed by atoms with van der Waals surface area (Å²) in [4.78, 5) is 24.9. The number of nitrogens with one attached hydrogen (secondary N) is 1. The number of carbonyl (C=O) groups excluding carboxylic acids is 1. The molecule has 0 unspecified atom stereocenters. The molecule has 0 bridgehead atoms. The summed E-state index contributed by atoms with van der Waals surface area (Å²) in [5.41, 5.74) is 5.24. The Kier molecular flexibility index (Phi) is 7.17. The van der Waals surface area contributed by atoms with Gasteiger partial charge in [-0.2, -0.15) is 0 Å². The van der Waals surface area contributed by atoms with E-state index in [1.165, 1.54) is 12.4 Å². The van der Waals surface area contributed by atoms with Gasteiger partial charge in [0.15, 0.2) is 0 Å². The molecule has 0 radical (unpaired) electrons. The second-order valence-electron chi connectivity index (χ2n) is 3.60. The SMILES string of the molecule is NCCOCCOCCNC(=O)n1ccnc1[N+](=O)[O-]. The molecule has 10 nitrogen and oxygen atoms in total. The third kappa shape index (κ3) is 5.30. The molecule has 0 saturated heterocycles. The minimum atomic E-state index is -0.731. The van der Waals surface area contributed by atoms with Crippen LogP contribution in [0.5, 0.6) is 0 Å². The number of nitrogens with zero attached hydrogens (tertiary/aromatic N) is 3. The van der Waals surface area contributed by atoms with Gasteiger partial charge in [-0.15, -0.1) is 4.57 Å². The van der Waals surface area contributed by atoms with Crippen molar-refractivity contribution in [2.45, 2.75) is 0 Å². The van der Waals surface area contributed by atoms with Crippen LogP contribution < -0.4 is 11.1 Å². The number of nitro groups is 1. The molecule has 0 aliphatic rings. The van der Waals surface area contributed by atoms with Gasteiger partial charge in [-0.1, -0.05) is 4.98 Å². The fourth-order valence-corrected chi connectivity index (χ4v) is 1.31. The first kappa shape index (κ1) is 16.0. The normalized spacial score (nSPS) is 10.4. The van der Waals surface area contributed by atoms with E-state index in [9.17, 15) is 14.9 Å². The van der Waals surface area contributed by atoms with Crippen molar-refractivity contribution in [1.29, 1.82) is 0 Å². The Balaban J connectivity index is 2.17. The Morgan fingerprint density at radius 3 is 2.75 bits per heavy atom. The van der Waals surface area contributed by atoms with Gasteiger partial charge in [-0.3, -0.25) is 0 Å². The van der Waals surface area contributed by atoms with Crippen LogP contribution in [-0.4, -0.2) is 60.0 Å². The minimum absolute atomic E-state index is 0.227. The Morgan fingerprint density at radius 2 is 2.10 bits per heavy atom. The Morgan fingerprint density at radius 1 is 1.40 bits per heavy atom. The van der Waals surface area contributed by atoms with Gasteiger partial charge in [0.25, 0.3) is 0 Å². The quantitative estimate of drug-likeness (QED) is 0.349. The molecule has 1 amide bonds. The van der Waals surface area contributed by atoms with Crippen molar-refractivity contribution in [3.05, 3.63) is 22.5 Å². The van der Waals surface area contributed by atoms with Crippen LogP contribution in [0.15, 0.2) is 12.4 Å². The van der Waals surface area contributed by atoms with E-state index in [0.29, 0.717) is 26.4 Å². The molecule has 0 spiro atoms. The first-order chi connectivity index (χ1) is 9.66. The van der Waals surface area contributed by atoms with Gasteiger partial charge in [-0.25, -0.2) is 4.79 Å². The zero-order chi connectivity index (χ0) is 14.8. The highest BCUT2D eigenvalue weighted by atomic mass is 16.6. The number of ether oxygens (including phenoxy) is 2. The molecule has 0 saturated carbocycles. The number of imidazole rings is 1. The highest BCUT2D eigenvalue weighted by Gasteiger charge is 2.20. The topological polar surface area (TPSA) is 135 Å². The molecule has 0 aliphatic carbocycles. The van der Waals surface area contributed by atoms with E-state index in [1.54, 1.807) is 0 Å². The predicted molar refractivity (Wildman–Crippen MR) is 68.4 cm³/mol. The number of hydrogen-bond donors (Lipinski definition) is 2. The van der Waals surface area contributed by atoms with Crippen LogP contribution in [-0.2, 0) is 9.47 Å². The van der Waals surface area contributed by atoms with Gasteiger partial charge < -0.3 is 30.6 Å². The molecule has 1 aromatic heterocycles. The predicted octanol–water partition coefficient (Wildman–Crippen LogP) is -0.659. The average Bonchev–Trinajstić information content (AvgIpc) is 2.91. The zero-order valence-corrected chi connectivity index (χ0v) is 10.9. The molecule has 1 aromatic rings. The van der Waals surface area contributed by atoms with Crippen LogP contribution in [0.1, 0.15) is 0 Å². The molecular formula is C10H17N5O5. The van der Waals surface area contributed by atoms with Gasteiger partial charge >= 0.3 is 12.0 Å². The zero-order valence-electron chi connectivity index (χ0n) is 10.9.